The Morgan fingerprint density at radius 3 is 1.15 bits per heavy atom. The fourth-order valence-corrected chi connectivity index (χ4v) is 9.91. The quantitative estimate of drug-likeness (QED) is 0.0243. The van der Waals surface area contributed by atoms with Crippen molar-refractivity contribution >= 4 is 13.7 Å². The largest absolute Gasteiger partial charge is 0.472 e. The lowest BCUT2D eigenvalue weighted by molar-refractivity contribution is -0.870. The van der Waals surface area contributed by atoms with Crippen LogP contribution in [0.2, 0.25) is 0 Å². The van der Waals surface area contributed by atoms with E-state index < -0.39 is 20.0 Å². The van der Waals surface area contributed by atoms with E-state index in [0.29, 0.717) is 17.4 Å². The summed E-state index contributed by atoms with van der Waals surface area (Å²) in [4.78, 5) is 23.3. The molecule has 0 heterocycles. The zero-order chi connectivity index (χ0) is 52.7. The van der Waals surface area contributed by atoms with Crippen LogP contribution < -0.4 is 5.32 Å². The predicted molar refractivity (Wildman–Crippen MR) is 314 cm³/mol. The summed E-state index contributed by atoms with van der Waals surface area (Å²) in [7, 11) is 1.58. The lowest BCUT2D eigenvalue weighted by atomic mass is 10.0. The van der Waals surface area contributed by atoms with Gasteiger partial charge in [-0.25, -0.2) is 4.57 Å². The highest BCUT2D eigenvalue weighted by atomic mass is 31.2. The van der Waals surface area contributed by atoms with E-state index in [9.17, 15) is 19.4 Å². The summed E-state index contributed by atoms with van der Waals surface area (Å²) in [5.74, 6) is -0.174. The van der Waals surface area contributed by atoms with Gasteiger partial charge in [-0.15, -0.1) is 0 Å². The minimum Gasteiger partial charge on any atom is -0.387 e. The van der Waals surface area contributed by atoms with E-state index in [4.69, 9.17) is 9.05 Å². The number of nitrogens with one attached hydrogen (secondary N) is 1. The first-order chi connectivity index (χ1) is 35.0. The highest BCUT2D eigenvalue weighted by molar-refractivity contribution is 7.47. The Hall–Kier alpha value is -1.54. The van der Waals surface area contributed by atoms with Crippen molar-refractivity contribution in [2.75, 3.05) is 40.9 Å². The fraction of sp³-hybridized carbons (Fsp3) is 0.857. The van der Waals surface area contributed by atoms with Gasteiger partial charge in [0.25, 0.3) is 0 Å². The molecule has 0 radical (unpaired) electrons. The molecule has 1 amide bonds. The molecular formula is C63H122N2O6P+. The number of likely N-dealkylation sites (N-methyl/N-ethyl adjacent to an activating group) is 1. The third kappa shape index (κ3) is 56.2. The second kappa shape index (κ2) is 54.3. The van der Waals surface area contributed by atoms with Crippen molar-refractivity contribution in [1.82, 2.24) is 5.32 Å². The molecule has 0 saturated carbocycles. The zero-order valence-corrected chi connectivity index (χ0v) is 49.3. The second-order valence-electron chi connectivity index (χ2n) is 22.4. The maximum atomic E-state index is 13.0. The minimum atomic E-state index is -4.35. The number of amides is 1. The van der Waals surface area contributed by atoms with E-state index >= 15 is 0 Å². The summed E-state index contributed by atoms with van der Waals surface area (Å²) in [5, 5.41) is 14.0. The van der Waals surface area contributed by atoms with Gasteiger partial charge in [0.05, 0.1) is 39.9 Å². The Morgan fingerprint density at radius 1 is 0.472 bits per heavy atom. The number of rotatable bonds is 57. The van der Waals surface area contributed by atoms with Crippen LogP contribution in [0.5, 0.6) is 0 Å². The molecule has 0 bridgehead atoms. The highest BCUT2D eigenvalue weighted by Gasteiger charge is 2.27. The standard InChI is InChI=1S/C63H121N2O6P/c1-6-8-10-12-14-16-18-20-22-24-26-27-28-29-30-31-32-33-34-35-36-37-39-41-43-45-47-49-51-53-55-57-63(67)64-61(60-71-72(68,69)70-59-58-65(3,4)5)62(66)56-54-52-50-48-46-44-42-40-38-25-23-21-19-17-15-13-11-9-7-2/h18,20,24,26,28-29,54,56,61-62,66H,6-17,19,21-23,25,27,30-53,55,57-60H2,1-5H3,(H-,64,67,68,69)/p+1/b20-18-,26-24-,29-28-,56-54+. The van der Waals surface area contributed by atoms with Crippen LogP contribution in [0.25, 0.3) is 0 Å². The maximum absolute atomic E-state index is 13.0. The molecule has 0 aromatic carbocycles. The Bertz CT molecular complexity index is 1310. The van der Waals surface area contributed by atoms with Gasteiger partial charge in [-0.1, -0.05) is 281 Å². The molecule has 0 spiro atoms. The summed E-state index contributed by atoms with van der Waals surface area (Å²) in [6, 6.07) is -0.847. The number of aliphatic hydroxyl groups is 1. The van der Waals surface area contributed by atoms with Crippen molar-refractivity contribution in [3.05, 3.63) is 48.6 Å². The summed E-state index contributed by atoms with van der Waals surface area (Å²) >= 11 is 0. The first-order valence-electron chi connectivity index (χ1n) is 31.0. The van der Waals surface area contributed by atoms with Crippen molar-refractivity contribution in [2.45, 2.75) is 309 Å². The van der Waals surface area contributed by atoms with E-state index in [2.05, 4.69) is 55.6 Å². The first kappa shape index (κ1) is 70.5. The van der Waals surface area contributed by atoms with Gasteiger partial charge in [-0.05, 0) is 57.8 Å². The maximum Gasteiger partial charge on any atom is 0.472 e. The van der Waals surface area contributed by atoms with Crippen molar-refractivity contribution in [3.63, 3.8) is 0 Å². The number of aliphatic hydroxyl groups excluding tert-OH is 1. The van der Waals surface area contributed by atoms with Crippen LogP contribution in [0.15, 0.2) is 48.6 Å². The van der Waals surface area contributed by atoms with E-state index in [0.717, 1.165) is 51.4 Å². The highest BCUT2D eigenvalue weighted by Crippen LogP contribution is 2.43. The molecule has 0 aliphatic rings. The number of allylic oxidation sites excluding steroid dienone is 7. The summed E-state index contributed by atoms with van der Waals surface area (Å²) in [6.07, 6.45) is 72.2. The van der Waals surface area contributed by atoms with Crippen LogP contribution in [-0.2, 0) is 18.4 Å². The van der Waals surface area contributed by atoms with Crippen molar-refractivity contribution in [1.29, 1.82) is 0 Å². The van der Waals surface area contributed by atoms with Gasteiger partial charge < -0.3 is 19.8 Å². The Balaban J connectivity index is 4.10. The number of hydrogen-bond acceptors (Lipinski definition) is 5. The molecule has 0 saturated heterocycles. The SMILES string of the molecule is CCCCCCC/C=C\C/C=C\C/C=C\CCCCCCCCCCCCCCCCCCC(=O)NC(COP(=O)(O)OCC[N+](C)(C)C)C(O)/C=C/CCCCCCCCCCCCCCCCCCC. The molecule has 72 heavy (non-hydrogen) atoms. The Kier molecular flexibility index (Phi) is 53.1. The van der Waals surface area contributed by atoms with Crippen LogP contribution in [0.1, 0.15) is 296 Å². The van der Waals surface area contributed by atoms with Crippen molar-refractivity contribution in [3.8, 4) is 0 Å². The smallest absolute Gasteiger partial charge is 0.387 e. The summed E-state index contributed by atoms with van der Waals surface area (Å²) in [5.41, 5.74) is 0. The Morgan fingerprint density at radius 2 is 0.792 bits per heavy atom. The number of nitrogens with zero attached hydrogens (tertiary/aromatic N) is 1. The van der Waals surface area contributed by atoms with Gasteiger partial charge in [0.2, 0.25) is 5.91 Å². The molecule has 0 rings (SSSR count). The number of carbonyl (C=O) groups is 1. The van der Waals surface area contributed by atoms with Gasteiger partial charge in [0.15, 0.2) is 0 Å². The lowest BCUT2D eigenvalue weighted by Gasteiger charge is -2.25. The van der Waals surface area contributed by atoms with E-state index in [1.54, 1.807) is 6.08 Å². The number of phosphoric acid groups is 1. The molecule has 0 fully saturated rings. The molecule has 0 aromatic heterocycles. The van der Waals surface area contributed by atoms with E-state index in [1.807, 2.05) is 27.2 Å². The number of quaternary nitrogens is 1. The van der Waals surface area contributed by atoms with Crippen molar-refractivity contribution in [2.24, 2.45) is 0 Å². The second-order valence-corrected chi connectivity index (χ2v) is 23.9. The normalized spacial score (nSPS) is 14.2. The summed E-state index contributed by atoms with van der Waals surface area (Å²) < 4.78 is 23.7. The number of hydrogen-bond donors (Lipinski definition) is 3. The van der Waals surface area contributed by atoms with Gasteiger partial charge in [-0.3, -0.25) is 13.8 Å². The molecule has 0 aliphatic heterocycles. The van der Waals surface area contributed by atoms with Crippen molar-refractivity contribution < 1.29 is 32.9 Å². The van der Waals surface area contributed by atoms with Gasteiger partial charge in [0.1, 0.15) is 13.2 Å². The van der Waals surface area contributed by atoms with E-state index in [1.165, 1.54) is 225 Å². The lowest BCUT2D eigenvalue weighted by Crippen LogP contribution is -2.45. The van der Waals surface area contributed by atoms with Gasteiger partial charge in [-0.2, -0.15) is 0 Å². The monoisotopic (exact) mass is 1030 g/mol. The van der Waals surface area contributed by atoms with Crippen LogP contribution >= 0.6 is 7.82 Å². The van der Waals surface area contributed by atoms with Crippen LogP contribution in [0, 0.1) is 0 Å². The molecule has 9 heteroatoms. The van der Waals surface area contributed by atoms with Crippen LogP contribution in [-0.4, -0.2) is 73.4 Å². The molecular weight excluding hydrogens is 912 g/mol. The van der Waals surface area contributed by atoms with E-state index in [-0.39, 0.29) is 19.1 Å². The number of phosphoric ester groups is 1. The molecule has 0 aliphatic carbocycles. The van der Waals surface area contributed by atoms with Gasteiger partial charge >= 0.3 is 7.82 Å². The van der Waals surface area contributed by atoms with Crippen LogP contribution in [0.4, 0.5) is 0 Å². The number of unbranched alkanes of at least 4 members (excludes halogenated alkanes) is 38. The van der Waals surface area contributed by atoms with Crippen LogP contribution in [0.3, 0.4) is 0 Å². The molecule has 3 atom stereocenters. The fourth-order valence-electron chi connectivity index (χ4n) is 9.17. The topological polar surface area (TPSA) is 105 Å². The average Bonchev–Trinajstić information content (AvgIpc) is 3.34. The zero-order valence-electron chi connectivity index (χ0n) is 48.4. The first-order valence-corrected chi connectivity index (χ1v) is 32.5. The predicted octanol–water partition coefficient (Wildman–Crippen LogP) is 19.1. The third-order valence-corrected chi connectivity index (χ3v) is 15.0. The Labute approximate surface area is 448 Å². The summed E-state index contributed by atoms with van der Waals surface area (Å²) in [6.45, 7) is 4.84. The average molecular weight is 1030 g/mol. The molecule has 3 N–H and O–H groups in total. The van der Waals surface area contributed by atoms with Gasteiger partial charge in [0, 0.05) is 6.42 Å². The number of carbonyl (C=O) groups excluding carboxylic acids is 1. The third-order valence-electron chi connectivity index (χ3n) is 14.0. The molecule has 3 unspecified atom stereocenters. The molecule has 8 nitrogen and oxygen atoms in total. The molecule has 0 aromatic rings. The molecule has 424 valence electrons. The minimum absolute atomic E-state index is 0.0620.